The molecule has 0 radical (unpaired) electrons. The Bertz CT molecular complexity index is 293. The monoisotopic (exact) mass is 180 g/mol. The smallest absolute Gasteiger partial charge is 0.160 e. The fourth-order valence-corrected chi connectivity index (χ4v) is 1.67. The quantitative estimate of drug-likeness (QED) is 0.516. The van der Waals surface area contributed by atoms with Crippen LogP contribution in [0.5, 0.6) is 0 Å². The van der Waals surface area contributed by atoms with E-state index in [2.05, 4.69) is 19.9 Å². The lowest BCUT2D eigenvalue weighted by Gasteiger charge is -1.93. The van der Waals surface area contributed by atoms with Crippen LogP contribution < -0.4 is 0 Å². The Balaban J connectivity index is 2.75. The second-order valence-corrected chi connectivity index (χ2v) is 3.86. The molecule has 1 rings (SSSR count). The van der Waals surface area contributed by atoms with Gasteiger partial charge in [0.15, 0.2) is 6.29 Å². The van der Waals surface area contributed by atoms with E-state index in [0.717, 1.165) is 23.1 Å². The molecule has 0 aromatic carbocycles. The van der Waals surface area contributed by atoms with E-state index in [4.69, 9.17) is 0 Å². The minimum Gasteiger partial charge on any atom is -0.297 e. The maximum atomic E-state index is 10.5. The number of rotatable bonds is 3. The topological polar surface area (TPSA) is 17.1 Å². The first kappa shape index (κ1) is 9.20. The first-order chi connectivity index (χ1) is 5.74. The second kappa shape index (κ2) is 4.21. The van der Waals surface area contributed by atoms with Crippen molar-refractivity contribution in [1.82, 2.24) is 0 Å². The van der Waals surface area contributed by atoms with E-state index in [1.165, 1.54) is 16.9 Å². The van der Waals surface area contributed by atoms with Crippen LogP contribution in [-0.2, 0) is 6.42 Å². The van der Waals surface area contributed by atoms with Crippen molar-refractivity contribution < 1.29 is 4.79 Å². The molecule has 0 saturated heterocycles. The summed E-state index contributed by atoms with van der Waals surface area (Å²) in [6.07, 6.45) is 3.94. The van der Waals surface area contributed by atoms with Crippen LogP contribution in [-0.4, -0.2) is 6.29 Å². The standard InChI is InChI=1S/C10H12OS/c1-8(2)3-4-9-5-6-12-10(9)7-11/h3,5-7H,4H2,1-2H3. The fourth-order valence-electron chi connectivity index (χ4n) is 0.933. The zero-order valence-electron chi connectivity index (χ0n) is 7.33. The summed E-state index contributed by atoms with van der Waals surface area (Å²) >= 11 is 1.50. The molecular formula is C10H12OS. The Morgan fingerprint density at radius 2 is 2.33 bits per heavy atom. The number of allylic oxidation sites excluding steroid dienone is 2. The summed E-state index contributed by atoms with van der Waals surface area (Å²) in [7, 11) is 0. The number of hydrogen-bond acceptors (Lipinski definition) is 2. The Morgan fingerprint density at radius 3 is 2.92 bits per heavy atom. The average Bonchev–Trinajstić information content (AvgIpc) is 2.47. The highest BCUT2D eigenvalue weighted by Gasteiger charge is 1.99. The third-order valence-corrected chi connectivity index (χ3v) is 2.50. The minimum atomic E-state index is 0.854. The Morgan fingerprint density at radius 1 is 1.58 bits per heavy atom. The third-order valence-electron chi connectivity index (χ3n) is 1.62. The van der Waals surface area contributed by atoms with E-state index < -0.39 is 0 Å². The maximum Gasteiger partial charge on any atom is 0.160 e. The molecular weight excluding hydrogens is 168 g/mol. The van der Waals surface area contributed by atoms with Crippen LogP contribution in [0.25, 0.3) is 0 Å². The molecule has 1 aromatic heterocycles. The van der Waals surface area contributed by atoms with E-state index in [0.29, 0.717) is 0 Å². The lowest BCUT2D eigenvalue weighted by molar-refractivity contribution is 0.112. The number of aldehydes is 1. The van der Waals surface area contributed by atoms with Crippen LogP contribution >= 0.6 is 11.3 Å². The van der Waals surface area contributed by atoms with Gasteiger partial charge < -0.3 is 0 Å². The van der Waals surface area contributed by atoms with Crippen LogP contribution in [0.3, 0.4) is 0 Å². The second-order valence-electron chi connectivity index (χ2n) is 2.91. The Kier molecular flexibility index (Phi) is 3.23. The maximum absolute atomic E-state index is 10.5. The fraction of sp³-hybridized carbons (Fsp3) is 0.300. The van der Waals surface area contributed by atoms with Crippen molar-refractivity contribution in [2.24, 2.45) is 0 Å². The van der Waals surface area contributed by atoms with Gasteiger partial charge in [-0.1, -0.05) is 11.6 Å². The third kappa shape index (κ3) is 2.31. The van der Waals surface area contributed by atoms with E-state index in [-0.39, 0.29) is 0 Å². The van der Waals surface area contributed by atoms with Gasteiger partial charge in [0.25, 0.3) is 0 Å². The van der Waals surface area contributed by atoms with Gasteiger partial charge in [0, 0.05) is 0 Å². The van der Waals surface area contributed by atoms with Gasteiger partial charge in [-0.2, -0.15) is 0 Å². The first-order valence-electron chi connectivity index (χ1n) is 3.89. The van der Waals surface area contributed by atoms with Gasteiger partial charge >= 0.3 is 0 Å². The van der Waals surface area contributed by atoms with Crippen molar-refractivity contribution >= 4 is 17.6 Å². The molecule has 1 heterocycles. The molecule has 0 unspecified atom stereocenters. The largest absolute Gasteiger partial charge is 0.297 e. The molecule has 0 aliphatic rings. The molecule has 1 aromatic rings. The molecule has 64 valence electrons. The predicted molar refractivity (Wildman–Crippen MR) is 52.8 cm³/mol. The number of carbonyl (C=O) groups excluding carboxylic acids is 1. The average molecular weight is 180 g/mol. The zero-order chi connectivity index (χ0) is 8.97. The van der Waals surface area contributed by atoms with Crippen LogP contribution in [0.4, 0.5) is 0 Å². The molecule has 0 aliphatic heterocycles. The van der Waals surface area contributed by atoms with Gasteiger partial charge in [-0.15, -0.1) is 11.3 Å². The molecule has 0 aliphatic carbocycles. The molecule has 0 spiro atoms. The van der Waals surface area contributed by atoms with Crippen molar-refractivity contribution in [3.05, 3.63) is 33.5 Å². The van der Waals surface area contributed by atoms with E-state index in [1.807, 2.05) is 11.4 Å². The summed E-state index contributed by atoms with van der Waals surface area (Å²) < 4.78 is 0. The lowest BCUT2D eigenvalue weighted by Crippen LogP contribution is -1.83. The summed E-state index contributed by atoms with van der Waals surface area (Å²) in [6, 6.07) is 2.01. The molecule has 0 atom stereocenters. The van der Waals surface area contributed by atoms with Crippen molar-refractivity contribution in [3.8, 4) is 0 Å². The van der Waals surface area contributed by atoms with Crippen molar-refractivity contribution in [3.63, 3.8) is 0 Å². The molecule has 0 fully saturated rings. The van der Waals surface area contributed by atoms with Crippen LogP contribution in [0, 0.1) is 0 Å². The molecule has 0 N–H and O–H groups in total. The first-order valence-corrected chi connectivity index (χ1v) is 4.77. The van der Waals surface area contributed by atoms with Gasteiger partial charge in [0.1, 0.15) is 0 Å². The molecule has 0 amide bonds. The zero-order valence-corrected chi connectivity index (χ0v) is 8.15. The summed E-state index contributed by atoms with van der Waals surface area (Å²) in [5.74, 6) is 0. The highest BCUT2D eigenvalue weighted by molar-refractivity contribution is 7.11. The number of thiophene rings is 1. The summed E-state index contributed by atoms with van der Waals surface area (Å²) in [5.41, 5.74) is 2.43. The van der Waals surface area contributed by atoms with Crippen LogP contribution in [0.2, 0.25) is 0 Å². The van der Waals surface area contributed by atoms with Crippen molar-refractivity contribution in [1.29, 1.82) is 0 Å². The molecule has 2 heteroatoms. The van der Waals surface area contributed by atoms with Gasteiger partial charge in [-0.3, -0.25) is 4.79 Å². The van der Waals surface area contributed by atoms with E-state index >= 15 is 0 Å². The van der Waals surface area contributed by atoms with Crippen molar-refractivity contribution in [2.75, 3.05) is 0 Å². The highest BCUT2D eigenvalue weighted by atomic mass is 32.1. The Hall–Kier alpha value is -0.890. The van der Waals surface area contributed by atoms with E-state index in [1.54, 1.807) is 0 Å². The van der Waals surface area contributed by atoms with Gasteiger partial charge in [-0.05, 0) is 37.3 Å². The molecule has 0 saturated carbocycles. The lowest BCUT2D eigenvalue weighted by atomic mass is 10.1. The van der Waals surface area contributed by atoms with E-state index in [9.17, 15) is 4.79 Å². The Labute approximate surface area is 76.7 Å². The SMILES string of the molecule is CC(C)=CCc1ccsc1C=O. The van der Waals surface area contributed by atoms with Crippen LogP contribution in [0.1, 0.15) is 29.1 Å². The number of carbonyl (C=O) groups is 1. The summed E-state index contributed by atoms with van der Waals surface area (Å²) in [4.78, 5) is 11.4. The van der Waals surface area contributed by atoms with Crippen molar-refractivity contribution in [2.45, 2.75) is 20.3 Å². The molecule has 12 heavy (non-hydrogen) atoms. The minimum absolute atomic E-state index is 0.854. The van der Waals surface area contributed by atoms with Gasteiger partial charge in [0.05, 0.1) is 4.88 Å². The van der Waals surface area contributed by atoms with Gasteiger partial charge in [-0.25, -0.2) is 0 Å². The summed E-state index contributed by atoms with van der Waals surface area (Å²) in [5, 5.41) is 1.96. The van der Waals surface area contributed by atoms with Gasteiger partial charge in [0.2, 0.25) is 0 Å². The van der Waals surface area contributed by atoms with Crippen LogP contribution in [0.15, 0.2) is 23.1 Å². The normalized spacial score (nSPS) is 9.50. The highest BCUT2D eigenvalue weighted by Crippen LogP contribution is 2.15. The predicted octanol–water partition coefficient (Wildman–Crippen LogP) is 3.07. The molecule has 0 bridgehead atoms. The molecule has 1 nitrogen and oxygen atoms in total. The summed E-state index contributed by atoms with van der Waals surface area (Å²) in [6.45, 7) is 4.12. The number of hydrogen-bond donors (Lipinski definition) is 0.